The molecule has 23 heavy (non-hydrogen) atoms. The molecule has 3 atom stereocenters. The molecule has 6 nitrogen and oxygen atoms in total. The van der Waals surface area contributed by atoms with Gasteiger partial charge in [-0.2, -0.15) is 0 Å². The van der Waals surface area contributed by atoms with Gasteiger partial charge in [0.1, 0.15) is 11.9 Å². The van der Waals surface area contributed by atoms with E-state index in [4.69, 9.17) is 4.74 Å². The van der Waals surface area contributed by atoms with Crippen LogP contribution in [0.4, 0.5) is 5.69 Å². The first-order valence-corrected chi connectivity index (χ1v) is 7.87. The van der Waals surface area contributed by atoms with Gasteiger partial charge in [-0.25, -0.2) is 4.79 Å². The maximum atomic E-state index is 12.3. The van der Waals surface area contributed by atoms with Crippen LogP contribution in [0.1, 0.15) is 44.1 Å². The molecule has 1 aliphatic heterocycles. The number of aliphatic hydroxyl groups is 1. The number of rotatable bonds is 3. The van der Waals surface area contributed by atoms with Crippen LogP contribution in [0.5, 0.6) is 0 Å². The summed E-state index contributed by atoms with van der Waals surface area (Å²) in [7, 11) is 0. The van der Waals surface area contributed by atoms with E-state index < -0.39 is 16.8 Å². The van der Waals surface area contributed by atoms with Crippen LogP contribution < -0.4 is 0 Å². The Morgan fingerprint density at radius 3 is 2.83 bits per heavy atom. The number of carbonyl (C=O) groups is 1. The Kier molecular flexibility index (Phi) is 4.07. The van der Waals surface area contributed by atoms with Crippen LogP contribution in [0.25, 0.3) is 0 Å². The monoisotopic (exact) mass is 317 g/mol. The van der Waals surface area contributed by atoms with Crippen molar-refractivity contribution in [1.82, 2.24) is 0 Å². The van der Waals surface area contributed by atoms with E-state index in [1.165, 1.54) is 12.1 Å². The number of hydrogen-bond donors (Lipinski definition) is 1. The van der Waals surface area contributed by atoms with Gasteiger partial charge in [0, 0.05) is 18.1 Å². The molecule has 0 bridgehead atoms. The largest absolute Gasteiger partial charge is 0.511 e. The van der Waals surface area contributed by atoms with Gasteiger partial charge in [0.15, 0.2) is 0 Å². The van der Waals surface area contributed by atoms with E-state index in [-0.39, 0.29) is 29.0 Å². The first-order valence-electron chi connectivity index (χ1n) is 7.87. The second-order valence-electron chi connectivity index (χ2n) is 6.21. The van der Waals surface area contributed by atoms with Gasteiger partial charge >= 0.3 is 5.97 Å². The highest BCUT2D eigenvalue weighted by Gasteiger charge is 2.41. The van der Waals surface area contributed by atoms with E-state index in [9.17, 15) is 20.0 Å². The molecule has 1 saturated carbocycles. The Morgan fingerprint density at radius 1 is 1.35 bits per heavy atom. The minimum Gasteiger partial charge on any atom is -0.511 e. The highest BCUT2D eigenvalue weighted by atomic mass is 16.6. The average molecular weight is 317 g/mol. The highest BCUT2D eigenvalue weighted by molar-refractivity contribution is 5.92. The van der Waals surface area contributed by atoms with Crippen molar-refractivity contribution in [3.8, 4) is 0 Å². The number of nitrogens with zero attached hydrogens (tertiary/aromatic N) is 1. The summed E-state index contributed by atoms with van der Waals surface area (Å²) in [6, 6.07) is 6.14. The van der Waals surface area contributed by atoms with Crippen LogP contribution in [-0.2, 0) is 9.53 Å². The normalized spacial score (nSPS) is 25.5. The maximum Gasteiger partial charge on any atom is 0.338 e. The smallest absolute Gasteiger partial charge is 0.338 e. The Morgan fingerprint density at radius 2 is 2.09 bits per heavy atom. The Bertz CT molecular complexity index is 681. The quantitative estimate of drug-likeness (QED) is 0.522. The van der Waals surface area contributed by atoms with Gasteiger partial charge < -0.3 is 9.84 Å². The topological polar surface area (TPSA) is 89.7 Å². The van der Waals surface area contributed by atoms with Crippen LogP contribution in [0.2, 0.25) is 0 Å². The Labute approximate surface area is 133 Å². The van der Waals surface area contributed by atoms with E-state index >= 15 is 0 Å². The number of esters is 1. The second-order valence-corrected chi connectivity index (χ2v) is 6.21. The lowest BCUT2D eigenvalue weighted by molar-refractivity contribution is -0.384. The summed E-state index contributed by atoms with van der Waals surface area (Å²) < 4.78 is 5.50. The number of hydrogen-bond acceptors (Lipinski definition) is 5. The molecule has 0 radical (unpaired) electrons. The molecule has 3 unspecified atom stereocenters. The zero-order valence-electron chi connectivity index (χ0n) is 12.9. The molecule has 0 aromatic heterocycles. The molecule has 1 heterocycles. The van der Waals surface area contributed by atoms with E-state index in [0.717, 1.165) is 25.7 Å². The van der Waals surface area contributed by atoms with Crippen LogP contribution >= 0.6 is 0 Å². The lowest BCUT2D eigenvalue weighted by Gasteiger charge is -2.36. The number of nitro benzene ring substituents is 1. The van der Waals surface area contributed by atoms with Crippen LogP contribution in [0, 0.1) is 16.0 Å². The molecule has 1 aromatic rings. The Balaban J connectivity index is 1.97. The predicted octanol–water partition coefficient (Wildman–Crippen LogP) is 3.63. The van der Waals surface area contributed by atoms with Crippen molar-refractivity contribution in [2.24, 2.45) is 5.92 Å². The Hall–Kier alpha value is -2.37. The van der Waals surface area contributed by atoms with Crippen molar-refractivity contribution in [2.75, 3.05) is 0 Å². The predicted molar refractivity (Wildman–Crippen MR) is 83.0 cm³/mol. The molecule has 122 valence electrons. The summed E-state index contributed by atoms with van der Waals surface area (Å²) >= 11 is 0. The van der Waals surface area contributed by atoms with Crippen molar-refractivity contribution in [3.05, 3.63) is 51.3 Å². The van der Waals surface area contributed by atoms with E-state index in [0.29, 0.717) is 5.56 Å². The average Bonchev–Trinajstić information content (AvgIpc) is 2.55. The molecule has 1 aliphatic carbocycles. The van der Waals surface area contributed by atoms with Crippen LogP contribution in [-0.4, -0.2) is 22.1 Å². The first kappa shape index (κ1) is 15.5. The molecule has 2 aliphatic rings. The molecule has 6 heteroatoms. The number of ether oxygens (including phenoxy) is 1. The van der Waals surface area contributed by atoms with Crippen molar-refractivity contribution in [3.63, 3.8) is 0 Å². The zero-order chi connectivity index (χ0) is 16.6. The number of aliphatic hydroxyl groups excluding tert-OH is 1. The van der Waals surface area contributed by atoms with Crippen molar-refractivity contribution in [2.45, 2.75) is 44.6 Å². The number of carbonyl (C=O) groups excluding carboxylic acids is 1. The molecule has 1 N–H and O–H groups in total. The maximum absolute atomic E-state index is 12.3. The van der Waals surface area contributed by atoms with Gasteiger partial charge in [0.25, 0.3) is 5.69 Å². The summed E-state index contributed by atoms with van der Waals surface area (Å²) in [5, 5.41) is 21.5. The first-order chi connectivity index (χ1) is 11.0. The summed E-state index contributed by atoms with van der Waals surface area (Å²) in [6.07, 6.45) is 3.34. The van der Waals surface area contributed by atoms with Crippen molar-refractivity contribution < 1.29 is 19.6 Å². The zero-order valence-corrected chi connectivity index (χ0v) is 12.9. The van der Waals surface area contributed by atoms with Gasteiger partial charge in [-0.3, -0.25) is 10.1 Å². The molecule has 3 rings (SSSR count). The molecule has 0 amide bonds. The summed E-state index contributed by atoms with van der Waals surface area (Å²) in [5.74, 6) is -1.00. The summed E-state index contributed by atoms with van der Waals surface area (Å²) in [6.45, 7) is 1.76. The standard InChI is InChI=1S/C17H19NO5/c1-10(11-5-4-6-12(9-11)18(21)22)15-16(19)13-7-2-3-8-14(13)23-17(15)20/h4-6,9-10,13-14,19H,2-3,7-8H2,1H3. The van der Waals surface area contributed by atoms with Crippen LogP contribution in [0.15, 0.2) is 35.6 Å². The fraction of sp³-hybridized carbons (Fsp3) is 0.471. The van der Waals surface area contributed by atoms with Gasteiger partial charge in [0.2, 0.25) is 0 Å². The fourth-order valence-corrected chi connectivity index (χ4v) is 3.53. The molecule has 1 aromatic carbocycles. The number of non-ortho nitro benzene ring substituents is 1. The third-order valence-electron chi connectivity index (χ3n) is 4.82. The van der Waals surface area contributed by atoms with Crippen molar-refractivity contribution >= 4 is 11.7 Å². The number of fused-ring (bicyclic) bond motifs is 1. The van der Waals surface area contributed by atoms with Gasteiger partial charge in [-0.1, -0.05) is 25.5 Å². The number of nitro groups is 1. The van der Waals surface area contributed by atoms with Gasteiger partial charge in [-0.15, -0.1) is 0 Å². The second kappa shape index (κ2) is 6.02. The lowest BCUT2D eigenvalue weighted by Crippen LogP contribution is -2.38. The van der Waals surface area contributed by atoms with E-state index in [2.05, 4.69) is 0 Å². The molecular formula is C17H19NO5. The van der Waals surface area contributed by atoms with Crippen LogP contribution in [0.3, 0.4) is 0 Å². The summed E-state index contributed by atoms with van der Waals surface area (Å²) in [4.78, 5) is 22.8. The van der Waals surface area contributed by atoms with Crippen molar-refractivity contribution in [1.29, 1.82) is 0 Å². The number of benzene rings is 1. The molecular weight excluding hydrogens is 298 g/mol. The molecule has 1 fully saturated rings. The summed E-state index contributed by atoms with van der Waals surface area (Å²) in [5.41, 5.74) is 0.815. The van der Waals surface area contributed by atoms with Gasteiger partial charge in [-0.05, 0) is 24.8 Å². The third-order valence-corrected chi connectivity index (χ3v) is 4.82. The van der Waals surface area contributed by atoms with E-state index in [1.807, 2.05) is 0 Å². The van der Waals surface area contributed by atoms with E-state index in [1.54, 1.807) is 19.1 Å². The SMILES string of the molecule is CC(C1=C(O)C2CCCCC2OC1=O)c1cccc([N+](=O)[O-])c1. The molecule has 0 spiro atoms. The fourth-order valence-electron chi connectivity index (χ4n) is 3.53. The third kappa shape index (κ3) is 2.81. The minimum atomic E-state index is -0.510. The van der Waals surface area contributed by atoms with Gasteiger partial charge in [0.05, 0.1) is 16.4 Å². The minimum absolute atomic E-state index is 0.0332. The lowest BCUT2D eigenvalue weighted by atomic mass is 9.79. The molecule has 0 saturated heterocycles. The highest BCUT2D eigenvalue weighted by Crippen LogP contribution is 2.41.